The second-order valence-electron chi connectivity index (χ2n) is 25.5. The predicted molar refractivity (Wildman–Crippen MR) is 299 cm³/mol. The van der Waals surface area contributed by atoms with Gasteiger partial charge in [-0.3, -0.25) is 0 Å². The van der Waals surface area contributed by atoms with Gasteiger partial charge in [0.05, 0.1) is 11.2 Å². The van der Waals surface area contributed by atoms with Crippen LogP contribution in [0.15, 0.2) is 146 Å². The van der Waals surface area contributed by atoms with Gasteiger partial charge in [-0.1, -0.05) is 187 Å². The van der Waals surface area contributed by atoms with Crippen LogP contribution in [0, 0.1) is 0 Å². The van der Waals surface area contributed by atoms with Crippen LogP contribution in [-0.4, -0.2) is 12.3 Å². The molecule has 1 aliphatic carbocycles. The number of benzene rings is 7. The first-order valence-corrected chi connectivity index (χ1v) is 25.8. The summed E-state index contributed by atoms with van der Waals surface area (Å²) in [4.78, 5) is 8.07. The van der Waals surface area contributed by atoms with Crippen molar-refractivity contribution in [3.8, 4) is 11.1 Å². The topological polar surface area (TPSA) is 9.72 Å². The zero-order valence-corrected chi connectivity index (χ0v) is 43.9. The number of hydrogen-bond donors (Lipinski definition) is 0. The van der Waals surface area contributed by atoms with Crippen molar-refractivity contribution in [1.29, 1.82) is 0 Å². The number of rotatable bonds is 4. The largest absolute Gasteiger partial charge is 0.334 e. The number of anilines is 8. The Bertz CT molecular complexity index is 3170. The second-order valence-corrected chi connectivity index (χ2v) is 25.5. The lowest BCUT2D eigenvalue weighted by Gasteiger charge is -2.47. The molecular weight excluding hydrogens is 834 g/mol. The molecule has 4 heteroatoms. The number of nitrogens with zero attached hydrogens (tertiary/aromatic N) is 3. The van der Waals surface area contributed by atoms with Crippen LogP contribution >= 0.6 is 0 Å². The van der Waals surface area contributed by atoms with E-state index in [1.165, 1.54) is 114 Å². The van der Waals surface area contributed by atoms with Crippen LogP contribution < -0.4 is 31.1 Å². The molecule has 2 atom stereocenters. The molecule has 69 heavy (non-hydrogen) atoms. The Morgan fingerprint density at radius 2 is 0.942 bits per heavy atom. The van der Waals surface area contributed by atoms with Gasteiger partial charge >= 0.3 is 0 Å². The van der Waals surface area contributed by atoms with Crippen LogP contribution in [0.25, 0.3) is 11.1 Å². The Balaban J connectivity index is 1.27. The maximum atomic E-state index is 2.80. The van der Waals surface area contributed by atoms with Crippen molar-refractivity contribution in [3.63, 3.8) is 0 Å². The predicted octanol–water partition coefficient (Wildman–Crippen LogP) is 16.0. The van der Waals surface area contributed by atoms with Gasteiger partial charge in [0.15, 0.2) is 0 Å². The third-order valence-corrected chi connectivity index (χ3v) is 17.0. The van der Waals surface area contributed by atoms with Crippen LogP contribution in [0.1, 0.15) is 144 Å². The summed E-state index contributed by atoms with van der Waals surface area (Å²) >= 11 is 0. The molecule has 3 nitrogen and oxygen atoms in total. The molecule has 11 rings (SSSR count). The summed E-state index contributed by atoms with van der Waals surface area (Å²) in [6, 6.07) is 57.2. The zero-order chi connectivity index (χ0) is 48.8. The van der Waals surface area contributed by atoms with Crippen LogP contribution in [0.5, 0.6) is 0 Å². The van der Waals surface area contributed by atoms with Crippen molar-refractivity contribution in [2.75, 3.05) is 14.7 Å². The van der Waals surface area contributed by atoms with E-state index in [1.807, 2.05) is 0 Å². The summed E-state index contributed by atoms with van der Waals surface area (Å²) in [5, 5.41) is 0. The molecule has 4 aliphatic rings. The first-order valence-electron chi connectivity index (χ1n) is 25.8. The molecule has 0 radical (unpaired) electrons. The summed E-state index contributed by atoms with van der Waals surface area (Å²) in [6.07, 6.45) is 3.52. The van der Waals surface area contributed by atoms with E-state index in [-0.39, 0.29) is 39.3 Å². The van der Waals surface area contributed by atoms with Crippen molar-refractivity contribution in [2.45, 2.75) is 149 Å². The first-order chi connectivity index (χ1) is 32.5. The zero-order valence-electron chi connectivity index (χ0n) is 43.9. The molecule has 7 aromatic rings. The van der Waals surface area contributed by atoms with E-state index >= 15 is 0 Å². The minimum absolute atomic E-state index is 0.00670. The third kappa shape index (κ3) is 6.97. The van der Waals surface area contributed by atoms with Crippen molar-refractivity contribution < 1.29 is 0 Å². The highest BCUT2D eigenvalue weighted by Gasteiger charge is 2.60. The van der Waals surface area contributed by atoms with Crippen LogP contribution in [0.3, 0.4) is 0 Å². The Hall–Kier alpha value is -6.00. The van der Waals surface area contributed by atoms with Crippen LogP contribution in [-0.2, 0) is 27.1 Å². The molecule has 0 amide bonds. The fourth-order valence-electron chi connectivity index (χ4n) is 12.7. The lowest BCUT2D eigenvalue weighted by Crippen LogP contribution is -2.61. The van der Waals surface area contributed by atoms with Crippen molar-refractivity contribution in [3.05, 3.63) is 173 Å². The minimum atomic E-state index is -0.124. The SMILES string of the molecule is CC(C)(C)c1ccc(N2c3ccc(C(C)(C)C)cc3B3c4ccccc4N(c4ccc(C(C)(C)C)cc4-c4ccccc4)c4cc(N5c6ccc(C(C)(C)C)cc6C6(C)CCCC56C)cc2c43)cc1. The Morgan fingerprint density at radius 1 is 0.420 bits per heavy atom. The van der Waals surface area contributed by atoms with E-state index in [1.54, 1.807) is 0 Å². The summed E-state index contributed by atoms with van der Waals surface area (Å²) in [5.41, 5.74) is 23.3. The number of fused-ring (bicyclic) bond motifs is 7. The Labute approximate surface area is 414 Å². The summed E-state index contributed by atoms with van der Waals surface area (Å²) < 4.78 is 0. The van der Waals surface area contributed by atoms with Crippen molar-refractivity contribution in [1.82, 2.24) is 0 Å². The molecule has 3 heterocycles. The van der Waals surface area contributed by atoms with E-state index in [2.05, 4.69) is 257 Å². The lowest BCUT2D eigenvalue weighted by atomic mass is 9.33. The van der Waals surface area contributed by atoms with Gasteiger partial charge in [-0.05, 0) is 146 Å². The maximum absolute atomic E-state index is 2.80. The molecule has 3 aliphatic heterocycles. The molecule has 0 saturated heterocycles. The Morgan fingerprint density at radius 3 is 1.58 bits per heavy atom. The van der Waals surface area contributed by atoms with Gasteiger partial charge in [0.1, 0.15) is 0 Å². The summed E-state index contributed by atoms with van der Waals surface area (Å²) in [7, 11) is 0. The normalized spacial score (nSPS) is 19.6. The standard InChI is InChI=1S/C65H72BN3/c1-60(2,3)43-25-30-47(31-26-43)67-56-34-29-46(63(10,11)12)39-52(56)66-51-23-18-19-24-55(51)68(53-32-27-44(61(4,5)6)37-49(53)42-21-16-15-17-22-42)58-41-48(40-57(67)59(58)66)69-54-33-28-45(62(7,8)9)38-50(54)64(13)35-20-36-65(64,69)14/h15-19,21-34,37-41H,20,35-36H2,1-14H3. The monoisotopic (exact) mass is 906 g/mol. The summed E-state index contributed by atoms with van der Waals surface area (Å²) in [5.74, 6) is 0. The van der Waals surface area contributed by atoms with Gasteiger partial charge in [-0.2, -0.15) is 0 Å². The van der Waals surface area contributed by atoms with E-state index in [9.17, 15) is 0 Å². The average molecular weight is 906 g/mol. The highest BCUT2D eigenvalue weighted by Crippen LogP contribution is 2.63. The van der Waals surface area contributed by atoms with Gasteiger partial charge < -0.3 is 14.7 Å². The lowest BCUT2D eigenvalue weighted by molar-refractivity contribution is 0.330. The summed E-state index contributed by atoms with van der Waals surface area (Å²) in [6.45, 7) is 33.2. The van der Waals surface area contributed by atoms with E-state index in [0.29, 0.717) is 0 Å². The van der Waals surface area contributed by atoms with E-state index in [0.717, 1.165) is 6.42 Å². The molecule has 0 aromatic heterocycles. The van der Waals surface area contributed by atoms with E-state index in [4.69, 9.17) is 0 Å². The van der Waals surface area contributed by atoms with Crippen molar-refractivity contribution in [2.24, 2.45) is 0 Å². The van der Waals surface area contributed by atoms with Gasteiger partial charge in [0, 0.05) is 50.8 Å². The number of para-hydroxylation sites is 1. The fourth-order valence-corrected chi connectivity index (χ4v) is 12.7. The van der Waals surface area contributed by atoms with E-state index < -0.39 is 0 Å². The molecule has 1 fully saturated rings. The van der Waals surface area contributed by atoms with Gasteiger partial charge in [-0.15, -0.1) is 0 Å². The third-order valence-electron chi connectivity index (χ3n) is 17.0. The molecular formula is C65H72BN3. The molecule has 2 unspecified atom stereocenters. The van der Waals surface area contributed by atoms with Gasteiger partial charge in [-0.25, -0.2) is 0 Å². The molecule has 7 aromatic carbocycles. The molecule has 0 bridgehead atoms. The molecule has 350 valence electrons. The molecule has 0 spiro atoms. The number of hydrogen-bond acceptors (Lipinski definition) is 3. The quantitative estimate of drug-likeness (QED) is 0.163. The van der Waals surface area contributed by atoms with Gasteiger partial charge in [0.2, 0.25) is 0 Å². The highest BCUT2D eigenvalue weighted by atomic mass is 15.3. The molecule has 0 N–H and O–H groups in total. The highest BCUT2D eigenvalue weighted by molar-refractivity contribution is 7.00. The van der Waals surface area contributed by atoms with Gasteiger partial charge in [0.25, 0.3) is 6.71 Å². The maximum Gasteiger partial charge on any atom is 0.252 e. The smallest absolute Gasteiger partial charge is 0.252 e. The second kappa shape index (κ2) is 15.3. The fraction of sp³-hybridized carbons (Fsp3) is 0.354. The molecule has 1 saturated carbocycles. The first kappa shape index (κ1) is 45.4. The van der Waals surface area contributed by atoms with Crippen LogP contribution in [0.2, 0.25) is 0 Å². The Kier molecular flexibility index (Phi) is 10.0. The van der Waals surface area contributed by atoms with Crippen LogP contribution in [0.4, 0.5) is 45.5 Å². The van der Waals surface area contributed by atoms with Crippen molar-refractivity contribution >= 4 is 68.6 Å². The minimum Gasteiger partial charge on any atom is -0.334 e. The average Bonchev–Trinajstić information content (AvgIpc) is 3.70.